The van der Waals surface area contributed by atoms with Crippen LogP contribution in [-0.2, 0) is 0 Å². The third-order valence-electron chi connectivity index (χ3n) is 3.70. The molecule has 1 aliphatic rings. The van der Waals surface area contributed by atoms with Gasteiger partial charge in [-0.25, -0.2) is 0 Å². The van der Waals surface area contributed by atoms with Crippen LogP contribution in [0.1, 0.15) is 60.3 Å². The third-order valence-corrected chi connectivity index (χ3v) is 3.70. The van der Waals surface area contributed by atoms with Crippen LogP contribution in [-0.4, -0.2) is 11.8 Å². The molecule has 2 atom stereocenters. The minimum atomic E-state index is 0.507. The highest BCUT2D eigenvalue weighted by Crippen LogP contribution is 2.25. The maximum Gasteiger partial charge on any atom is 0.0473 e. The van der Waals surface area contributed by atoms with Gasteiger partial charge >= 0.3 is 0 Å². The Morgan fingerprint density at radius 2 is 1.93 bits per heavy atom. The summed E-state index contributed by atoms with van der Waals surface area (Å²) in [5.41, 5.74) is 4.58. The number of rotatable bonds is 1. The van der Waals surface area contributed by atoms with E-state index in [-0.39, 0.29) is 0 Å². The summed E-state index contributed by atoms with van der Waals surface area (Å²) in [5.74, 6) is 0.675. The summed E-state index contributed by atoms with van der Waals surface area (Å²) in [6, 6.07) is 0.507. The smallest absolute Gasteiger partial charge is 0.0473 e. The number of aliphatic imine (C=N–C) groups is 1. The highest BCUT2D eigenvalue weighted by atomic mass is 14.8. The van der Waals surface area contributed by atoms with Crippen molar-refractivity contribution in [1.82, 2.24) is 0 Å². The second kappa shape index (κ2) is 5.48. The minimum Gasteiger partial charge on any atom is -0.291 e. The first-order chi connectivity index (χ1) is 7.04. The van der Waals surface area contributed by atoms with E-state index in [1.54, 1.807) is 11.1 Å². The second-order valence-corrected chi connectivity index (χ2v) is 5.01. The van der Waals surface area contributed by atoms with Gasteiger partial charge in [0.25, 0.3) is 0 Å². The van der Waals surface area contributed by atoms with Crippen molar-refractivity contribution in [1.29, 1.82) is 0 Å². The Hall–Kier alpha value is -0.590. The van der Waals surface area contributed by atoms with E-state index < -0.39 is 0 Å². The molecule has 86 valence electrons. The Morgan fingerprint density at radius 3 is 2.53 bits per heavy atom. The number of allylic oxidation sites excluding steroid dienone is 2. The Balaban J connectivity index is 2.90. The second-order valence-electron chi connectivity index (χ2n) is 5.01. The highest BCUT2D eigenvalue weighted by molar-refractivity contribution is 5.84. The van der Waals surface area contributed by atoms with E-state index in [4.69, 9.17) is 4.99 Å². The van der Waals surface area contributed by atoms with Crippen LogP contribution >= 0.6 is 0 Å². The molecular weight excluding hydrogens is 182 g/mol. The topological polar surface area (TPSA) is 12.4 Å². The predicted molar refractivity (Wildman–Crippen MR) is 68.6 cm³/mol. The monoisotopic (exact) mass is 207 g/mol. The van der Waals surface area contributed by atoms with Crippen molar-refractivity contribution in [3.8, 4) is 0 Å². The normalized spacial score (nSPS) is 37.5. The van der Waals surface area contributed by atoms with Crippen molar-refractivity contribution in [2.75, 3.05) is 0 Å². The van der Waals surface area contributed by atoms with E-state index in [0.717, 1.165) is 12.8 Å². The van der Waals surface area contributed by atoms with Gasteiger partial charge in [0, 0.05) is 11.8 Å². The minimum absolute atomic E-state index is 0.507. The van der Waals surface area contributed by atoms with E-state index >= 15 is 0 Å². The molecular formula is C14H25N. The number of hydrogen-bond acceptors (Lipinski definition) is 1. The van der Waals surface area contributed by atoms with Crippen molar-refractivity contribution in [3.63, 3.8) is 0 Å². The molecule has 15 heavy (non-hydrogen) atoms. The SMILES string of the molecule is CC/C1=N\C(C)CC/C(C)=C(/C)C(C)C1. The van der Waals surface area contributed by atoms with Gasteiger partial charge in [0.2, 0.25) is 0 Å². The largest absolute Gasteiger partial charge is 0.291 e. The first-order valence-corrected chi connectivity index (χ1v) is 6.26. The van der Waals surface area contributed by atoms with E-state index in [0.29, 0.717) is 12.0 Å². The quantitative estimate of drug-likeness (QED) is 0.566. The molecule has 1 heterocycles. The zero-order valence-corrected chi connectivity index (χ0v) is 10.9. The van der Waals surface area contributed by atoms with Gasteiger partial charge in [0.05, 0.1) is 0 Å². The Kier molecular flexibility index (Phi) is 4.56. The van der Waals surface area contributed by atoms with Crippen LogP contribution in [0.25, 0.3) is 0 Å². The average molecular weight is 207 g/mol. The zero-order chi connectivity index (χ0) is 11.4. The lowest BCUT2D eigenvalue weighted by molar-refractivity contribution is 0.661. The van der Waals surface area contributed by atoms with Crippen molar-refractivity contribution in [3.05, 3.63) is 11.1 Å². The molecule has 1 nitrogen and oxygen atoms in total. The molecule has 0 aromatic rings. The fourth-order valence-electron chi connectivity index (χ4n) is 2.21. The molecule has 2 unspecified atom stereocenters. The highest BCUT2D eigenvalue weighted by Gasteiger charge is 2.14. The number of nitrogens with zero attached hydrogens (tertiary/aromatic N) is 1. The van der Waals surface area contributed by atoms with Gasteiger partial charge in [-0.05, 0) is 52.4 Å². The van der Waals surface area contributed by atoms with Gasteiger partial charge in [0.1, 0.15) is 0 Å². The number of hydrogen-bond donors (Lipinski definition) is 0. The molecule has 0 fully saturated rings. The molecule has 1 heteroatoms. The Morgan fingerprint density at radius 1 is 1.27 bits per heavy atom. The van der Waals surface area contributed by atoms with Gasteiger partial charge in [-0.3, -0.25) is 4.99 Å². The summed E-state index contributed by atoms with van der Waals surface area (Å²) in [4.78, 5) is 4.82. The van der Waals surface area contributed by atoms with Crippen molar-refractivity contribution in [2.24, 2.45) is 10.9 Å². The fraction of sp³-hybridized carbons (Fsp3) is 0.786. The summed E-state index contributed by atoms with van der Waals surface area (Å²) >= 11 is 0. The van der Waals surface area contributed by atoms with Crippen molar-refractivity contribution >= 4 is 5.71 Å². The van der Waals surface area contributed by atoms with Crippen LogP contribution in [0.3, 0.4) is 0 Å². The lowest BCUT2D eigenvalue weighted by Gasteiger charge is -2.15. The molecule has 0 saturated heterocycles. The van der Waals surface area contributed by atoms with Crippen molar-refractivity contribution in [2.45, 2.75) is 66.3 Å². The van der Waals surface area contributed by atoms with E-state index in [1.807, 2.05) is 0 Å². The van der Waals surface area contributed by atoms with Crippen LogP contribution in [0.15, 0.2) is 16.1 Å². The first-order valence-electron chi connectivity index (χ1n) is 6.26. The summed E-state index contributed by atoms with van der Waals surface area (Å²) < 4.78 is 0. The van der Waals surface area contributed by atoms with Gasteiger partial charge in [-0.1, -0.05) is 25.0 Å². The lowest BCUT2D eigenvalue weighted by atomic mass is 9.91. The summed E-state index contributed by atoms with van der Waals surface area (Å²) in [6.07, 6.45) is 4.70. The fourth-order valence-corrected chi connectivity index (χ4v) is 2.21. The standard InChI is InChI=1S/C14H25N/c1-6-14-9-11(3)13(5)10(2)7-8-12(4)15-14/h11-12H,6-9H2,1-5H3/b13-10-,15-14+. The third kappa shape index (κ3) is 3.48. The average Bonchev–Trinajstić information content (AvgIpc) is 2.26. The molecule has 0 radical (unpaired) electrons. The molecule has 0 aromatic carbocycles. The predicted octanol–water partition coefficient (Wildman–Crippen LogP) is 4.38. The Bertz CT molecular complexity index is 273. The molecule has 0 aromatic heterocycles. The van der Waals surface area contributed by atoms with Gasteiger partial charge < -0.3 is 0 Å². The van der Waals surface area contributed by atoms with Crippen LogP contribution in [0.4, 0.5) is 0 Å². The molecule has 0 aliphatic carbocycles. The molecule has 1 aliphatic heterocycles. The zero-order valence-electron chi connectivity index (χ0n) is 10.9. The van der Waals surface area contributed by atoms with Crippen LogP contribution in [0.5, 0.6) is 0 Å². The summed E-state index contributed by atoms with van der Waals surface area (Å²) in [5, 5.41) is 0. The van der Waals surface area contributed by atoms with Gasteiger partial charge in [-0.2, -0.15) is 0 Å². The maximum atomic E-state index is 4.82. The maximum absolute atomic E-state index is 4.82. The summed E-state index contributed by atoms with van der Waals surface area (Å²) in [7, 11) is 0. The molecule has 0 amide bonds. The van der Waals surface area contributed by atoms with Crippen LogP contribution in [0, 0.1) is 5.92 Å². The lowest BCUT2D eigenvalue weighted by Crippen LogP contribution is -2.08. The van der Waals surface area contributed by atoms with Gasteiger partial charge in [-0.15, -0.1) is 0 Å². The molecule has 1 rings (SSSR count). The molecule has 0 spiro atoms. The van der Waals surface area contributed by atoms with E-state index in [9.17, 15) is 0 Å². The molecule has 0 saturated carbocycles. The van der Waals surface area contributed by atoms with E-state index in [2.05, 4.69) is 34.6 Å². The van der Waals surface area contributed by atoms with E-state index in [1.165, 1.54) is 18.6 Å². The molecule has 0 bridgehead atoms. The Labute approximate surface area is 94.7 Å². The van der Waals surface area contributed by atoms with Crippen LogP contribution < -0.4 is 0 Å². The van der Waals surface area contributed by atoms with Crippen LogP contribution in [0.2, 0.25) is 0 Å². The van der Waals surface area contributed by atoms with Gasteiger partial charge in [0.15, 0.2) is 0 Å². The first kappa shape index (κ1) is 12.5. The molecule has 0 N–H and O–H groups in total. The van der Waals surface area contributed by atoms with Crippen molar-refractivity contribution < 1.29 is 0 Å². The summed E-state index contributed by atoms with van der Waals surface area (Å²) in [6.45, 7) is 11.4.